The first-order valence-corrected chi connectivity index (χ1v) is 7.87. The molecular formula is C16H33IN4O. The van der Waals surface area contributed by atoms with Gasteiger partial charge in [0.1, 0.15) is 6.54 Å². The molecule has 0 saturated carbocycles. The number of rotatable bonds is 3. The molecule has 1 aliphatic heterocycles. The molecule has 1 unspecified atom stereocenters. The molecule has 1 aliphatic rings. The second kappa shape index (κ2) is 8.93. The van der Waals surface area contributed by atoms with Crippen LogP contribution in [0.25, 0.3) is 0 Å². The predicted octanol–water partition coefficient (Wildman–Crippen LogP) is 2.41. The highest BCUT2D eigenvalue weighted by Crippen LogP contribution is 2.31. The van der Waals surface area contributed by atoms with Crippen LogP contribution < -0.4 is 5.32 Å². The van der Waals surface area contributed by atoms with Crippen LogP contribution in [0.1, 0.15) is 41.0 Å². The van der Waals surface area contributed by atoms with Crippen molar-refractivity contribution in [2.24, 2.45) is 16.3 Å². The van der Waals surface area contributed by atoms with Crippen molar-refractivity contribution in [3.8, 4) is 0 Å². The summed E-state index contributed by atoms with van der Waals surface area (Å²) in [5.41, 5.74) is 0.280. The Morgan fingerprint density at radius 3 is 2.45 bits per heavy atom. The third kappa shape index (κ3) is 7.15. The maximum absolute atomic E-state index is 11.8. The molecule has 0 aliphatic carbocycles. The van der Waals surface area contributed by atoms with Crippen molar-refractivity contribution in [2.75, 3.05) is 33.7 Å². The van der Waals surface area contributed by atoms with Gasteiger partial charge in [0.25, 0.3) is 0 Å². The largest absolute Gasteiger partial charge is 0.354 e. The lowest BCUT2D eigenvalue weighted by atomic mass is 9.79. The van der Waals surface area contributed by atoms with E-state index in [2.05, 4.69) is 49.8 Å². The summed E-state index contributed by atoms with van der Waals surface area (Å²) in [6.07, 6.45) is 1.23. The van der Waals surface area contributed by atoms with Gasteiger partial charge in [0.05, 0.1) is 0 Å². The number of piperidine rings is 1. The fraction of sp³-hybridized carbons (Fsp3) is 0.875. The minimum atomic E-state index is 0. The highest BCUT2D eigenvalue weighted by atomic mass is 127. The van der Waals surface area contributed by atoms with E-state index < -0.39 is 0 Å². The molecule has 1 amide bonds. The Hall–Kier alpha value is -0.530. The number of halogens is 1. The summed E-state index contributed by atoms with van der Waals surface area (Å²) in [7, 11) is 3.53. The lowest BCUT2D eigenvalue weighted by molar-refractivity contribution is -0.127. The highest BCUT2D eigenvalue weighted by molar-refractivity contribution is 14.0. The normalized spacial score (nSPS) is 21.4. The van der Waals surface area contributed by atoms with E-state index in [0.717, 1.165) is 19.0 Å². The van der Waals surface area contributed by atoms with Gasteiger partial charge in [0.15, 0.2) is 5.96 Å². The molecule has 0 aromatic carbocycles. The number of amides is 1. The van der Waals surface area contributed by atoms with Crippen molar-refractivity contribution in [3.05, 3.63) is 0 Å². The van der Waals surface area contributed by atoms with Crippen LogP contribution in [0, 0.1) is 11.3 Å². The molecule has 0 aromatic heterocycles. The molecule has 0 radical (unpaired) electrons. The van der Waals surface area contributed by atoms with Gasteiger partial charge in [-0.15, -0.1) is 24.0 Å². The van der Waals surface area contributed by atoms with Crippen LogP contribution in [0.2, 0.25) is 0 Å². The molecule has 5 nitrogen and oxygen atoms in total. The Morgan fingerprint density at radius 1 is 1.41 bits per heavy atom. The third-order valence-corrected chi connectivity index (χ3v) is 3.63. The quantitative estimate of drug-likeness (QED) is 0.430. The van der Waals surface area contributed by atoms with Crippen molar-refractivity contribution in [2.45, 2.75) is 47.1 Å². The van der Waals surface area contributed by atoms with Crippen molar-refractivity contribution in [3.63, 3.8) is 0 Å². The number of aliphatic imine (C=N–C) groups is 1. The molecule has 1 saturated heterocycles. The van der Waals surface area contributed by atoms with Crippen LogP contribution in [0.4, 0.5) is 0 Å². The minimum absolute atomic E-state index is 0. The van der Waals surface area contributed by atoms with Gasteiger partial charge in [-0.3, -0.25) is 4.79 Å². The molecule has 0 bridgehead atoms. The zero-order chi connectivity index (χ0) is 16.2. The molecular weight excluding hydrogens is 391 g/mol. The van der Waals surface area contributed by atoms with Crippen LogP contribution in [0.15, 0.2) is 4.99 Å². The number of hydrogen-bond donors (Lipinski definition) is 1. The zero-order valence-electron chi connectivity index (χ0n) is 15.1. The van der Waals surface area contributed by atoms with E-state index in [4.69, 9.17) is 0 Å². The maximum Gasteiger partial charge on any atom is 0.243 e. The molecule has 130 valence electrons. The standard InChI is InChI=1S/C16H32N4O.HI/c1-12(2)18-15(17-9-14(21)19(6)7)20-10-13(3)8-16(4,5)11-20;/h12-13H,8-11H2,1-7H3,(H,17,18);1H. The van der Waals surface area contributed by atoms with E-state index in [1.165, 1.54) is 6.42 Å². The van der Waals surface area contributed by atoms with Crippen LogP contribution in [-0.2, 0) is 4.79 Å². The molecule has 1 heterocycles. The Bertz CT molecular complexity index is 394. The van der Waals surface area contributed by atoms with E-state index in [9.17, 15) is 4.79 Å². The second-order valence-corrected chi connectivity index (χ2v) is 7.58. The molecule has 1 N–H and O–H groups in total. The number of likely N-dealkylation sites (N-methyl/N-ethyl adjacent to an activating group) is 1. The summed E-state index contributed by atoms with van der Waals surface area (Å²) in [5, 5.41) is 3.41. The summed E-state index contributed by atoms with van der Waals surface area (Å²) >= 11 is 0. The highest BCUT2D eigenvalue weighted by Gasteiger charge is 2.32. The summed E-state index contributed by atoms with van der Waals surface area (Å²) in [6, 6.07) is 0.304. The monoisotopic (exact) mass is 424 g/mol. The van der Waals surface area contributed by atoms with Gasteiger partial charge < -0.3 is 15.1 Å². The van der Waals surface area contributed by atoms with E-state index >= 15 is 0 Å². The maximum atomic E-state index is 11.8. The number of nitrogens with one attached hydrogen (secondary N) is 1. The molecule has 1 rings (SSSR count). The molecule has 1 atom stereocenters. The van der Waals surface area contributed by atoms with Gasteiger partial charge in [-0.1, -0.05) is 20.8 Å². The molecule has 0 aromatic rings. The minimum Gasteiger partial charge on any atom is -0.354 e. The van der Waals surface area contributed by atoms with E-state index in [0.29, 0.717) is 12.0 Å². The van der Waals surface area contributed by atoms with Gasteiger partial charge >= 0.3 is 0 Å². The topological polar surface area (TPSA) is 47.9 Å². The molecule has 1 fully saturated rings. The lowest BCUT2D eigenvalue weighted by Crippen LogP contribution is -2.53. The fourth-order valence-electron chi connectivity index (χ4n) is 2.97. The van der Waals surface area contributed by atoms with Crippen molar-refractivity contribution < 1.29 is 4.79 Å². The summed E-state index contributed by atoms with van der Waals surface area (Å²) in [5.74, 6) is 1.53. The van der Waals surface area contributed by atoms with Gasteiger partial charge in [-0.2, -0.15) is 0 Å². The van der Waals surface area contributed by atoms with Crippen LogP contribution in [0.5, 0.6) is 0 Å². The third-order valence-electron chi connectivity index (χ3n) is 3.63. The fourth-order valence-corrected chi connectivity index (χ4v) is 2.97. The Balaban J connectivity index is 0.00000441. The first-order valence-electron chi connectivity index (χ1n) is 7.87. The van der Waals surface area contributed by atoms with E-state index in [1.807, 2.05) is 0 Å². The Kier molecular flexibility index (Phi) is 8.72. The second-order valence-electron chi connectivity index (χ2n) is 7.58. The molecule has 6 heteroatoms. The summed E-state index contributed by atoms with van der Waals surface area (Å²) in [4.78, 5) is 20.2. The van der Waals surface area contributed by atoms with Crippen LogP contribution in [-0.4, -0.2) is 61.4 Å². The SMILES string of the molecule is CC1CN(C(=NCC(=O)N(C)C)NC(C)C)CC(C)(C)C1.I. The van der Waals surface area contributed by atoms with Crippen molar-refractivity contribution in [1.82, 2.24) is 15.1 Å². The van der Waals surface area contributed by atoms with Crippen molar-refractivity contribution in [1.29, 1.82) is 0 Å². The smallest absolute Gasteiger partial charge is 0.243 e. The van der Waals surface area contributed by atoms with Crippen LogP contribution in [0.3, 0.4) is 0 Å². The first-order chi connectivity index (χ1) is 9.60. The predicted molar refractivity (Wildman–Crippen MR) is 104 cm³/mol. The summed E-state index contributed by atoms with van der Waals surface area (Å²) < 4.78 is 0. The first kappa shape index (κ1) is 21.5. The van der Waals surface area contributed by atoms with E-state index in [1.54, 1.807) is 19.0 Å². The van der Waals surface area contributed by atoms with E-state index in [-0.39, 0.29) is 41.8 Å². The molecule has 22 heavy (non-hydrogen) atoms. The lowest BCUT2D eigenvalue weighted by Gasteiger charge is -2.43. The molecule has 0 spiro atoms. The number of hydrogen-bond acceptors (Lipinski definition) is 2. The average Bonchev–Trinajstić information content (AvgIpc) is 2.30. The average molecular weight is 424 g/mol. The van der Waals surface area contributed by atoms with Gasteiger partial charge in [0, 0.05) is 33.2 Å². The number of carbonyl (C=O) groups is 1. The number of nitrogens with zero attached hydrogens (tertiary/aromatic N) is 3. The van der Waals surface area contributed by atoms with Gasteiger partial charge in [0.2, 0.25) is 5.91 Å². The Labute approximate surface area is 152 Å². The number of guanidine groups is 1. The van der Waals surface area contributed by atoms with Crippen LogP contribution >= 0.6 is 24.0 Å². The summed E-state index contributed by atoms with van der Waals surface area (Å²) in [6.45, 7) is 13.3. The number of likely N-dealkylation sites (tertiary alicyclic amines) is 1. The zero-order valence-corrected chi connectivity index (χ0v) is 17.5. The number of carbonyl (C=O) groups excluding carboxylic acids is 1. The van der Waals surface area contributed by atoms with Crippen molar-refractivity contribution >= 4 is 35.8 Å². The van der Waals surface area contributed by atoms with Gasteiger partial charge in [-0.25, -0.2) is 4.99 Å². The Morgan fingerprint density at radius 2 is 2.00 bits per heavy atom. The van der Waals surface area contributed by atoms with Gasteiger partial charge in [-0.05, 0) is 31.6 Å².